The molecule has 7 heteroatoms. The molecule has 0 unspecified atom stereocenters. The van der Waals surface area contributed by atoms with Crippen molar-refractivity contribution in [3.63, 3.8) is 0 Å². The number of rotatable bonds is 7. The Morgan fingerprint density at radius 3 is 2.85 bits per heavy atom. The Morgan fingerprint density at radius 1 is 1.40 bits per heavy atom. The third kappa shape index (κ3) is 3.59. The van der Waals surface area contributed by atoms with Gasteiger partial charge < -0.3 is 10.1 Å². The number of hydrogen-bond donors (Lipinski definition) is 1. The first-order valence-electron chi connectivity index (χ1n) is 6.51. The van der Waals surface area contributed by atoms with Gasteiger partial charge in [0.05, 0.1) is 35.3 Å². The molecule has 0 spiro atoms. The van der Waals surface area contributed by atoms with Crippen LogP contribution in [-0.4, -0.2) is 39.8 Å². The standard InChI is InChI=1S/C13H20ClN5O/c1-10-13(14)12(18(2)16-10)9-19-6-4-11(17-19)8-15-5-7-20-3/h4,6,15H,5,7-9H2,1-3H3. The fourth-order valence-electron chi connectivity index (χ4n) is 1.98. The third-order valence-corrected chi connectivity index (χ3v) is 3.55. The largest absolute Gasteiger partial charge is 0.383 e. The van der Waals surface area contributed by atoms with Crippen LogP contribution in [0.15, 0.2) is 12.3 Å². The van der Waals surface area contributed by atoms with Crippen molar-refractivity contribution in [2.75, 3.05) is 20.3 Å². The van der Waals surface area contributed by atoms with Gasteiger partial charge in [-0.25, -0.2) is 0 Å². The van der Waals surface area contributed by atoms with E-state index in [-0.39, 0.29) is 0 Å². The molecule has 0 aliphatic carbocycles. The van der Waals surface area contributed by atoms with Crippen molar-refractivity contribution in [2.24, 2.45) is 7.05 Å². The van der Waals surface area contributed by atoms with E-state index in [4.69, 9.17) is 16.3 Å². The summed E-state index contributed by atoms with van der Waals surface area (Å²) in [4.78, 5) is 0. The zero-order chi connectivity index (χ0) is 14.5. The van der Waals surface area contributed by atoms with E-state index >= 15 is 0 Å². The lowest BCUT2D eigenvalue weighted by atomic mass is 10.3. The van der Waals surface area contributed by atoms with Crippen LogP contribution >= 0.6 is 11.6 Å². The van der Waals surface area contributed by atoms with Crippen molar-refractivity contribution in [3.8, 4) is 0 Å². The van der Waals surface area contributed by atoms with Gasteiger partial charge in [0.1, 0.15) is 0 Å². The van der Waals surface area contributed by atoms with Crippen molar-refractivity contribution in [1.82, 2.24) is 24.9 Å². The van der Waals surface area contributed by atoms with E-state index in [2.05, 4.69) is 15.5 Å². The Bertz CT molecular complexity index is 563. The van der Waals surface area contributed by atoms with Crippen molar-refractivity contribution in [3.05, 3.63) is 34.4 Å². The first-order chi connectivity index (χ1) is 9.61. The highest BCUT2D eigenvalue weighted by molar-refractivity contribution is 6.31. The molecule has 110 valence electrons. The SMILES string of the molecule is COCCNCc1ccn(Cc2c(Cl)c(C)nn2C)n1. The van der Waals surface area contributed by atoms with Crippen LogP contribution in [0.3, 0.4) is 0 Å². The maximum absolute atomic E-state index is 6.24. The molecule has 0 aliphatic rings. The second kappa shape index (κ2) is 6.88. The van der Waals surface area contributed by atoms with Gasteiger partial charge in [-0.05, 0) is 13.0 Å². The van der Waals surface area contributed by atoms with Gasteiger partial charge in [-0.3, -0.25) is 9.36 Å². The van der Waals surface area contributed by atoms with E-state index in [0.717, 1.165) is 30.2 Å². The van der Waals surface area contributed by atoms with E-state index in [1.54, 1.807) is 11.8 Å². The van der Waals surface area contributed by atoms with Crippen molar-refractivity contribution in [2.45, 2.75) is 20.0 Å². The zero-order valence-corrected chi connectivity index (χ0v) is 12.8. The smallest absolute Gasteiger partial charge is 0.0866 e. The minimum Gasteiger partial charge on any atom is -0.383 e. The first kappa shape index (κ1) is 15.0. The average molecular weight is 298 g/mol. The van der Waals surface area contributed by atoms with E-state index in [1.165, 1.54) is 0 Å². The Hall–Kier alpha value is -1.37. The van der Waals surface area contributed by atoms with Crippen molar-refractivity contribution < 1.29 is 4.74 Å². The minimum atomic E-state index is 0.619. The topological polar surface area (TPSA) is 56.9 Å². The van der Waals surface area contributed by atoms with Gasteiger partial charge in [0, 0.05) is 33.4 Å². The summed E-state index contributed by atoms with van der Waals surface area (Å²) in [5.74, 6) is 0. The second-order valence-electron chi connectivity index (χ2n) is 4.64. The van der Waals surface area contributed by atoms with Crippen LogP contribution in [0, 0.1) is 6.92 Å². The molecule has 0 radical (unpaired) electrons. The van der Waals surface area contributed by atoms with Crippen LogP contribution in [0.1, 0.15) is 17.1 Å². The van der Waals surface area contributed by atoms with Gasteiger partial charge in [-0.2, -0.15) is 10.2 Å². The van der Waals surface area contributed by atoms with Gasteiger partial charge >= 0.3 is 0 Å². The summed E-state index contributed by atoms with van der Waals surface area (Å²) in [6, 6.07) is 2.00. The molecule has 1 N–H and O–H groups in total. The molecule has 0 aliphatic heterocycles. The van der Waals surface area contributed by atoms with Gasteiger partial charge in [-0.15, -0.1) is 0 Å². The number of ether oxygens (including phenoxy) is 1. The fourth-order valence-corrected chi connectivity index (χ4v) is 2.20. The van der Waals surface area contributed by atoms with Crippen LogP contribution < -0.4 is 5.32 Å². The van der Waals surface area contributed by atoms with Crippen LogP contribution in [0.5, 0.6) is 0 Å². The molecule has 6 nitrogen and oxygen atoms in total. The maximum Gasteiger partial charge on any atom is 0.0866 e. The molecule has 0 saturated carbocycles. The number of hydrogen-bond acceptors (Lipinski definition) is 4. The fraction of sp³-hybridized carbons (Fsp3) is 0.538. The number of aryl methyl sites for hydroxylation is 2. The molecule has 0 bridgehead atoms. The van der Waals surface area contributed by atoms with E-state index in [9.17, 15) is 0 Å². The molecule has 0 amide bonds. The number of nitrogens with one attached hydrogen (secondary N) is 1. The highest BCUT2D eigenvalue weighted by Gasteiger charge is 2.11. The molecule has 2 rings (SSSR count). The van der Waals surface area contributed by atoms with Crippen LogP contribution in [0.2, 0.25) is 5.02 Å². The molecular formula is C13H20ClN5O. The lowest BCUT2D eigenvalue weighted by molar-refractivity contribution is 0.199. The maximum atomic E-state index is 6.24. The van der Waals surface area contributed by atoms with Gasteiger partial charge in [0.15, 0.2) is 0 Å². The number of aromatic nitrogens is 4. The Kier molecular flexibility index (Phi) is 5.17. The predicted molar refractivity (Wildman–Crippen MR) is 77.9 cm³/mol. The quantitative estimate of drug-likeness (QED) is 0.784. The summed E-state index contributed by atoms with van der Waals surface area (Å²) in [7, 11) is 3.58. The Labute approximate surface area is 123 Å². The number of nitrogens with zero attached hydrogens (tertiary/aromatic N) is 4. The molecule has 20 heavy (non-hydrogen) atoms. The Balaban J connectivity index is 1.95. The first-order valence-corrected chi connectivity index (χ1v) is 6.89. The molecule has 0 atom stereocenters. The van der Waals surface area contributed by atoms with E-state index in [0.29, 0.717) is 18.2 Å². The zero-order valence-electron chi connectivity index (χ0n) is 12.1. The summed E-state index contributed by atoms with van der Waals surface area (Å²) in [5.41, 5.74) is 2.81. The summed E-state index contributed by atoms with van der Waals surface area (Å²) in [6.07, 6.45) is 1.95. The molecular weight excluding hydrogens is 278 g/mol. The number of methoxy groups -OCH3 is 1. The molecule has 2 heterocycles. The molecule has 0 fully saturated rings. The normalized spacial score (nSPS) is 11.2. The third-order valence-electron chi connectivity index (χ3n) is 3.06. The second-order valence-corrected chi connectivity index (χ2v) is 5.02. The van der Waals surface area contributed by atoms with E-state index < -0.39 is 0 Å². The predicted octanol–water partition coefficient (Wildman–Crippen LogP) is 1.36. The van der Waals surface area contributed by atoms with Gasteiger partial charge in [0.25, 0.3) is 0 Å². The van der Waals surface area contributed by atoms with Crippen LogP contribution in [0.25, 0.3) is 0 Å². The molecule has 0 aromatic carbocycles. The molecule has 0 saturated heterocycles. The summed E-state index contributed by atoms with van der Waals surface area (Å²) >= 11 is 6.24. The monoisotopic (exact) mass is 297 g/mol. The summed E-state index contributed by atoms with van der Waals surface area (Å²) < 4.78 is 8.65. The van der Waals surface area contributed by atoms with Gasteiger partial charge in [-0.1, -0.05) is 11.6 Å². The highest BCUT2D eigenvalue weighted by Crippen LogP contribution is 2.20. The van der Waals surface area contributed by atoms with Crippen LogP contribution in [-0.2, 0) is 24.9 Å². The summed E-state index contributed by atoms with van der Waals surface area (Å²) in [6.45, 7) is 4.77. The molecule has 2 aromatic rings. The Morgan fingerprint density at radius 2 is 2.20 bits per heavy atom. The lowest BCUT2D eigenvalue weighted by Gasteiger charge is -2.04. The summed E-state index contributed by atoms with van der Waals surface area (Å²) in [5, 5.41) is 12.8. The molecule has 2 aromatic heterocycles. The van der Waals surface area contributed by atoms with E-state index in [1.807, 2.05) is 30.9 Å². The lowest BCUT2D eigenvalue weighted by Crippen LogP contribution is -2.19. The van der Waals surface area contributed by atoms with Crippen molar-refractivity contribution >= 4 is 11.6 Å². The van der Waals surface area contributed by atoms with Gasteiger partial charge in [0.2, 0.25) is 0 Å². The minimum absolute atomic E-state index is 0.619. The van der Waals surface area contributed by atoms with Crippen molar-refractivity contribution in [1.29, 1.82) is 0 Å². The van der Waals surface area contributed by atoms with Crippen LogP contribution in [0.4, 0.5) is 0 Å². The average Bonchev–Trinajstić information content (AvgIpc) is 2.96. The number of halogens is 1. The highest BCUT2D eigenvalue weighted by atomic mass is 35.5.